The molecule has 1 aliphatic carbocycles. The van der Waals surface area contributed by atoms with Crippen LogP contribution in [0.3, 0.4) is 0 Å². The van der Waals surface area contributed by atoms with Crippen molar-refractivity contribution in [3.05, 3.63) is 11.8 Å². The van der Waals surface area contributed by atoms with Gasteiger partial charge in [0.2, 0.25) is 5.95 Å². The lowest BCUT2D eigenvalue weighted by molar-refractivity contribution is -0.141. The minimum Gasteiger partial charge on any atom is -0.481 e. The summed E-state index contributed by atoms with van der Waals surface area (Å²) in [5, 5.41) is 8.91. The van der Waals surface area contributed by atoms with E-state index in [1.165, 1.54) is 0 Å². The molecule has 6 nitrogen and oxygen atoms in total. The lowest BCUT2D eigenvalue weighted by Gasteiger charge is -2.45. The van der Waals surface area contributed by atoms with Gasteiger partial charge in [0.1, 0.15) is 5.82 Å². The van der Waals surface area contributed by atoms with E-state index in [1.807, 2.05) is 11.8 Å². The molecule has 1 aromatic heterocycles. The molecule has 0 aromatic carbocycles. The van der Waals surface area contributed by atoms with Gasteiger partial charge in [-0.3, -0.25) is 4.79 Å². The van der Waals surface area contributed by atoms with Crippen LogP contribution in [0.2, 0.25) is 0 Å². The van der Waals surface area contributed by atoms with Crippen LogP contribution < -0.4 is 9.80 Å². The first kappa shape index (κ1) is 18.3. The monoisotopic (exact) mass is 384 g/mol. The summed E-state index contributed by atoms with van der Waals surface area (Å²) in [7, 11) is 0. The number of halogens is 3. The van der Waals surface area contributed by atoms with Crippen LogP contribution in [0.5, 0.6) is 0 Å². The Morgan fingerprint density at radius 2 is 2.07 bits per heavy atom. The van der Waals surface area contributed by atoms with Crippen molar-refractivity contribution in [2.24, 2.45) is 11.3 Å². The van der Waals surface area contributed by atoms with Crippen molar-refractivity contribution in [3.63, 3.8) is 0 Å². The minimum atomic E-state index is -4.51. The fourth-order valence-electron chi connectivity index (χ4n) is 4.69. The summed E-state index contributed by atoms with van der Waals surface area (Å²) in [6.07, 6.45) is -0.909. The largest absolute Gasteiger partial charge is 0.481 e. The van der Waals surface area contributed by atoms with E-state index in [2.05, 4.69) is 9.97 Å². The van der Waals surface area contributed by atoms with Crippen LogP contribution in [0.4, 0.5) is 24.9 Å². The Morgan fingerprint density at radius 3 is 2.63 bits per heavy atom. The lowest BCUT2D eigenvalue weighted by atomic mass is 9.60. The Kier molecular flexibility index (Phi) is 4.23. The van der Waals surface area contributed by atoms with Gasteiger partial charge in [0, 0.05) is 38.2 Å². The van der Waals surface area contributed by atoms with E-state index in [-0.39, 0.29) is 29.7 Å². The molecule has 1 spiro atoms. The van der Waals surface area contributed by atoms with Crippen LogP contribution in [-0.2, 0) is 11.0 Å². The van der Waals surface area contributed by atoms with Gasteiger partial charge in [-0.2, -0.15) is 18.2 Å². The van der Waals surface area contributed by atoms with Crippen LogP contribution >= 0.6 is 0 Å². The summed E-state index contributed by atoms with van der Waals surface area (Å²) in [6.45, 7) is 3.90. The standard InChI is InChI=1S/C18H23F3N4O2/c1-11-2-4-25(11)16-22-13(18(19,20)21)7-14(23-16)24-5-3-17(10-24)8-12(9-17)6-15(26)27/h7,11-12H,2-6,8-10H2,1H3,(H,26,27). The molecule has 1 N–H and O–H groups in total. The molecule has 27 heavy (non-hydrogen) atoms. The van der Waals surface area contributed by atoms with Crippen molar-refractivity contribution in [2.45, 2.75) is 51.2 Å². The Hall–Kier alpha value is -2.06. The molecule has 0 radical (unpaired) electrons. The number of hydrogen-bond acceptors (Lipinski definition) is 5. The van der Waals surface area contributed by atoms with E-state index < -0.39 is 17.8 Å². The quantitative estimate of drug-likeness (QED) is 0.860. The van der Waals surface area contributed by atoms with Gasteiger partial charge in [0.05, 0.1) is 0 Å². The molecular formula is C18H23F3N4O2. The first-order chi connectivity index (χ1) is 12.7. The molecule has 3 heterocycles. The summed E-state index contributed by atoms with van der Waals surface area (Å²) >= 11 is 0. The molecule has 9 heteroatoms. The maximum atomic E-state index is 13.3. The Bertz CT molecular complexity index is 749. The predicted molar refractivity (Wildman–Crippen MR) is 92.7 cm³/mol. The molecule has 0 bridgehead atoms. The minimum absolute atomic E-state index is 0.0215. The SMILES string of the molecule is CC1CCN1c1nc(N2CCC3(CC(CC(=O)O)C3)C2)cc(C(F)(F)F)n1. The molecule has 3 aliphatic rings. The molecule has 3 fully saturated rings. The molecule has 2 aliphatic heterocycles. The number of aliphatic carboxylic acids is 1. The molecule has 1 unspecified atom stereocenters. The van der Waals surface area contributed by atoms with Crippen LogP contribution in [-0.4, -0.2) is 46.7 Å². The third-order valence-corrected chi connectivity index (χ3v) is 6.24. The zero-order valence-corrected chi connectivity index (χ0v) is 15.2. The van der Waals surface area contributed by atoms with Crippen molar-refractivity contribution >= 4 is 17.7 Å². The van der Waals surface area contributed by atoms with E-state index in [0.717, 1.165) is 31.7 Å². The van der Waals surface area contributed by atoms with Crippen LogP contribution in [0.1, 0.15) is 44.7 Å². The molecular weight excluding hydrogens is 361 g/mol. The third-order valence-electron chi connectivity index (χ3n) is 6.24. The van der Waals surface area contributed by atoms with E-state index in [0.29, 0.717) is 25.5 Å². The first-order valence-electron chi connectivity index (χ1n) is 9.35. The second-order valence-electron chi connectivity index (χ2n) is 8.28. The highest BCUT2D eigenvalue weighted by Crippen LogP contribution is 2.53. The van der Waals surface area contributed by atoms with Gasteiger partial charge in [0.15, 0.2) is 5.69 Å². The Morgan fingerprint density at radius 1 is 1.33 bits per heavy atom. The highest BCUT2D eigenvalue weighted by molar-refractivity contribution is 5.67. The van der Waals surface area contributed by atoms with E-state index in [9.17, 15) is 18.0 Å². The fourth-order valence-corrected chi connectivity index (χ4v) is 4.69. The Labute approximate surface area is 155 Å². The van der Waals surface area contributed by atoms with Crippen molar-refractivity contribution in [2.75, 3.05) is 29.4 Å². The van der Waals surface area contributed by atoms with E-state index >= 15 is 0 Å². The number of carboxylic acids is 1. The van der Waals surface area contributed by atoms with Crippen molar-refractivity contribution < 1.29 is 23.1 Å². The lowest BCUT2D eigenvalue weighted by Crippen LogP contribution is -2.47. The van der Waals surface area contributed by atoms with Crippen molar-refractivity contribution in [3.8, 4) is 0 Å². The number of carboxylic acid groups (broad SMARTS) is 1. The highest BCUT2D eigenvalue weighted by atomic mass is 19.4. The highest BCUT2D eigenvalue weighted by Gasteiger charge is 2.49. The van der Waals surface area contributed by atoms with Crippen LogP contribution in [0.25, 0.3) is 0 Å². The maximum Gasteiger partial charge on any atom is 0.433 e. The van der Waals surface area contributed by atoms with Gasteiger partial charge < -0.3 is 14.9 Å². The number of anilines is 2. The molecule has 148 valence electrons. The number of nitrogens with zero attached hydrogens (tertiary/aromatic N) is 4. The average Bonchev–Trinajstić information content (AvgIpc) is 2.97. The molecule has 1 atom stereocenters. The van der Waals surface area contributed by atoms with E-state index in [1.54, 1.807) is 4.90 Å². The summed E-state index contributed by atoms with van der Waals surface area (Å²) in [5.74, 6) is -0.137. The van der Waals surface area contributed by atoms with Crippen LogP contribution in [0, 0.1) is 11.3 Å². The van der Waals surface area contributed by atoms with Gasteiger partial charge in [-0.15, -0.1) is 0 Å². The zero-order valence-electron chi connectivity index (χ0n) is 15.2. The maximum absolute atomic E-state index is 13.3. The smallest absolute Gasteiger partial charge is 0.433 e. The predicted octanol–water partition coefficient (Wildman–Crippen LogP) is 3.18. The topological polar surface area (TPSA) is 69.6 Å². The number of carbonyl (C=O) groups is 1. The number of aromatic nitrogens is 2. The second kappa shape index (κ2) is 6.24. The summed E-state index contributed by atoms with van der Waals surface area (Å²) < 4.78 is 40.0. The summed E-state index contributed by atoms with van der Waals surface area (Å²) in [6, 6.07) is 1.19. The molecule has 4 rings (SSSR count). The molecule has 0 amide bonds. The Balaban J connectivity index is 1.53. The van der Waals surface area contributed by atoms with Crippen molar-refractivity contribution in [1.29, 1.82) is 0 Å². The number of hydrogen-bond donors (Lipinski definition) is 1. The van der Waals surface area contributed by atoms with Crippen molar-refractivity contribution in [1.82, 2.24) is 9.97 Å². The summed E-state index contributed by atoms with van der Waals surface area (Å²) in [5.41, 5.74) is -0.881. The molecule has 1 aromatic rings. The van der Waals surface area contributed by atoms with E-state index in [4.69, 9.17) is 5.11 Å². The first-order valence-corrected chi connectivity index (χ1v) is 9.35. The van der Waals surface area contributed by atoms with Gasteiger partial charge in [0.25, 0.3) is 0 Å². The fraction of sp³-hybridized carbons (Fsp3) is 0.722. The number of rotatable bonds is 4. The third kappa shape index (κ3) is 3.43. The summed E-state index contributed by atoms with van der Waals surface area (Å²) in [4.78, 5) is 22.8. The second-order valence-corrected chi connectivity index (χ2v) is 8.28. The van der Waals surface area contributed by atoms with Gasteiger partial charge in [-0.25, -0.2) is 4.98 Å². The average molecular weight is 384 g/mol. The van der Waals surface area contributed by atoms with Gasteiger partial charge >= 0.3 is 12.1 Å². The zero-order chi connectivity index (χ0) is 19.4. The van der Waals surface area contributed by atoms with Gasteiger partial charge in [-0.05, 0) is 43.9 Å². The van der Waals surface area contributed by atoms with Crippen LogP contribution in [0.15, 0.2) is 6.07 Å². The molecule has 1 saturated carbocycles. The van der Waals surface area contributed by atoms with Gasteiger partial charge in [-0.1, -0.05) is 0 Å². The normalized spacial score (nSPS) is 30.4. The molecule has 2 saturated heterocycles. The number of alkyl halides is 3.